The van der Waals surface area contributed by atoms with Crippen LogP contribution in [0.15, 0.2) is 114 Å². The van der Waals surface area contributed by atoms with E-state index in [9.17, 15) is 17.8 Å². The van der Waals surface area contributed by atoms with Gasteiger partial charge in [-0.05, 0) is 174 Å². The fourth-order valence-corrected chi connectivity index (χ4v) is 12.2. The maximum absolute atomic E-state index is 13.4. The van der Waals surface area contributed by atoms with Gasteiger partial charge in [0.1, 0.15) is 4.32 Å². The van der Waals surface area contributed by atoms with E-state index in [1.54, 1.807) is 0 Å². The smallest absolute Gasteiger partial charge is 0.283 e. The maximum Gasteiger partial charge on any atom is 0.283 e. The number of hydrogen-bond donors (Lipinski definition) is 1. The van der Waals surface area contributed by atoms with E-state index >= 15 is 0 Å². The molecule has 0 aromatic heterocycles. The third kappa shape index (κ3) is 13.1. The molecule has 0 bridgehead atoms. The molecule has 7 nitrogen and oxygen atoms in total. The first-order valence-electron chi connectivity index (χ1n) is 26.7. The lowest BCUT2D eigenvalue weighted by Gasteiger charge is -2.34. The number of unbranched alkanes of at least 4 members (excludes halogenated alkanes) is 9. The summed E-state index contributed by atoms with van der Waals surface area (Å²) in [7, 11) is -4.44. The third-order valence-electron chi connectivity index (χ3n) is 14.5. The van der Waals surface area contributed by atoms with Crippen molar-refractivity contribution < 1.29 is 22.5 Å². The van der Waals surface area contributed by atoms with Crippen molar-refractivity contribution in [3.63, 3.8) is 0 Å². The van der Waals surface area contributed by atoms with E-state index in [4.69, 9.17) is 17.0 Å². The predicted octanol–water partition coefficient (Wildman–Crippen LogP) is 17.9. The van der Waals surface area contributed by atoms with Crippen LogP contribution in [0, 0.1) is 13.8 Å². The van der Waals surface area contributed by atoms with Gasteiger partial charge >= 0.3 is 0 Å². The predicted molar refractivity (Wildman–Crippen MR) is 311 cm³/mol. The van der Waals surface area contributed by atoms with Crippen molar-refractivity contribution in [3.8, 4) is 44.9 Å². The van der Waals surface area contributed by atoms with Gasteiger partial charge in [0, 0.05) is 5.69 Å². The first-order valence-corrected chi connectivity index (χ1v) is 29.5. The van der Waals surface area contributed by atoms with Crippen LogP contribution in [-0.4, -0.2) is 34.0 Å². The Morgan fingerprint density at radius 1 is 0.589 bits per heavy atom. The third-order valence-corrected chi connectivity index (χ3v) is 16.5. The molecular weight excluding hydrogens is 961 g/mol. The lowest BCUT2D eigenvalue weighted by molar-refractivity contribution is -0.121. The van der Waals surface area contributed by atoms with Crippen LogP contribution in [0.1, 0.15) is 144 Å². The molecule has 2 heterocycles. The Morgan fingerprint density at radius 3 is 1.68 bits per heavy atom. The van der Waals surface area contributed by atoms with Crippen LogP contribution >= 0.6 is 24.0 Å². The molecule has 1 fully saturated rings. The summed E-state index contributed by atoms with van der Waals surface area (Å²) in [5, 5.41) is 0. The van der Waals surface area contributed by atoms with Gasteiger partial charge in [0.15, 0.2) is 17.4 Å². The molecule has 0 spiro atoms. The Labute approximate surface area is 445 Å². The van der Waals surface area contributed by atoms with Crippen LogP contribution in [0.3, 0.4) is 0 Å². The number of fused-ring (bicyclic) bond motifs is 2. The first-order chi connectivity index (χ1) is 35.3. The SMILES string of the molecule is CCCCCCc1cc(-c2ccc(-c3ccc(-c4ccc5c(c4)Oc4cc(C)c(C)cc4N5c4ccc(CC)cc4)c(CCCCCC)c3)cc2CCCCCC)ccc1/C=C1\SC(=S)N(CS(=O)(=O)O)C1=O. The van der Waals surface area contributed by atoms with E-state index in [1.807, 2.05) is 6.08 Å². The molecule has 2 aliphatic rings. The molecule has 73 heavy (non-hydrogen) atoms. The molecule has 1 N–H and O–H groups in total. The number of carbonyl (C=O) groups is 1. The lowest BCUT2D eigenvalue weighted by Crippen LogP contribution is -2.33. The molecule has 6 aromatic carbocycles. The second-order valence-corrected chi connectivity index (χ2v) is 23.1. The number of nitrogens with zero attached hydrogens (tertiary/aromatic N) is 2. The summed E-state index contributed by atoms with van der Waals surface area (Å²) in [4.78, 5) is 17.0. The highest BCUT2D eigenvalue weighted by Crippen LogP contribution is 2.52. The minimum Gasteiger partial charge on any atom is -0.453 e. The number of hydrogen-bond acceptors (Lipinski definition) is 7. The molecule has 10 heteroatoms. The van der Waals surface area contributed by atoms with Gasteiger partial charge in [0.25, 0.3) is 16.0 Å². The van der Waals surface area contributed by atoms with Gasteiger partial charge in [-0.1, -0.05) is 182 Å². The first kappa shape index (κ1) is 53.8. The minimum absolute atomic E-state index is 0.117. The molecular formula is C63H72N2O5S3. The second-order valence-electron chi connectivity index (χ2n) is 20.0. The molecule has 8 rings (SSSR count). The molecule has 0 atom stereocenters. The number of thioether (sulfide) groups is 1. The van der Waals surface area contributed by atoms with Gasteiger partial charge < -0.3 is 9.64 Å². The Kier molecular flexibility index (Phi) is 18.2. The molecule has 382 valence electrons. The molecule has 1 saturated heterocycles. The zero-order valence-electron chi connectivity index (χ0n) is 43.7. The van der Waals surface area contributed by atoms with Crippen molar-refractivity contribution in [2.75, 3.05) is 10.8 Å². The maximum atomic E-state index is 13.4. The van der Waals surface area contributed by atoms with Crippen LogP contribution in [0.25, 0.3) is 39.5 Å². The van der Waals surface area contributed by atoms with Gasteiger partial charge in [-0.2, -0.15) is 8.42 Å². The fourth-order valence-electron chi connectivity index (χ4n) is 10.2. The number of aryl methyl sites for hydroxylation is 6. The average Bonchev–Trinajstić information content (AvgIpc) is 3.63. The number of thiocarbonyl (C=S) groups is 1. The van der Waals surface area contributed by atoms with Crippen LogP contribution in [0.2, 0.25) is 0 Å². The van der Waals surface area contributed by atoms with Crippen molar-refractivity contribution >= 4 is 67.5 Å². The molecule has 0 saturated carbocycles. The summed E-state index contributed by atoms with van der Waals surface area (Å²) in [5.74, 6) is 0.352. The highest BCUT2D eigenvalue weighted by Gasteiger charge is 2.35. The zero-order valence-corrected chi connectivity index (χ0v) is 46.1. The lowest BCUT2D eigenvalue weighted by atomic mass is 9.88. The molecule has 2 aliphatic heterocycles. The van der Waals surface area contributed by atoms with E-state index < -0.39 is 21.9 Å². The Hall–Kier alpha value is -5.52. The van der Waals surface area contributed by atoms with Crippen molar-refractivity contribution in [2.24, 2.45) is 0 Å². The summed E-state index contributed by atoms with van der Waals surface area (Å²) >= 11 is 6.45. The van der Waals surface area contributed by atoms with E-state index in [1.165, 1.54) is 88.6 Å². The Balaban J connectivity index is 1.16. The van der Waals surface area contributed by atoms with Crippen LogP contribution < -0.4 is 9.64 Å². The quantitative estimate of drug-likeness (QED) is 0.0293. The number of amides is 1. The normalized spacial score (nSPS) is 14.0. The number of rotatable bonds is 23. The molecule has 1 amide bonds. The molecule has 0 unspecified atom stereocenters. The van der Waals surface area contributed by atoms with Crippen LogP contribution in [0.5, 0.6) is 11.5 Å². The van der Waals surface area contributed by atoms with E-state index in [-0.39, 0.29) is 4.32 Å². The van der Waals surface area contributed by atoms with Gasteiger partial charge in [0.2, 0.25) is 0 Å². The van der Waals surface area contributed by atoms with E-state index in [2.05, 4.69) is 156 Å². The Morgan fingerprint density at radius 2 is 1.11 bits per heavy atom. The highest BCUT2D eigenvalue weighted by atomic mass is 32.2. The number of ether oxygens (including phenoxy) is 1. The molecule has 0 aliphatic carbocycles. The Bertz CT molecular complexity index is 3100. The zero-order chi connectivity index (χ0) is 51.6. The van der Waals surface area contributed by atoms with Gasteiger partial charge in [-0.3, -0.25) is 14.2 Å². The van der Waals surface area contributed by atoms with E-state index in [0.29, 0.717) is 4.91 Å². The molecule has 0 radical (unpaired) electrons. The summed E-state index contributed by atoms with van der Waals surface area (Å²) in [5.41, 5.74) is 18.8. The average molecular weight is 1030 g/mol. The summed E-state index contributed by atoms with van der Waals surface area (Å²) in [6, 6.07) is 40.7. The molecule has 6 aromatic rings. The largest absolute Gasteiger partial charge is 0.453 e. The summed E-state index contributed by atoms with van der Waals surface area (Å²) in [6.07, 6.45) is 19.4. The number of carbonyl (C=O) groups excluding carboxylic acids is 1. The van der Waals surface area contributed by atoms with Crippen molar-refractivity contribution in [3.05, 3.63) is 153 Å². The number of anilines is 3. The monoisotopic (exact) mass is 1030 g/mol. The van der Waals surface area contributed by atoms with Gasteiger partial charge in [0.05, 0.1) is 16.3 Å². The van der Waals surface area contributed by atoms with Crippen molar-refractivity contribution in [2.45, 2.75) is 144 Å². The van der Waals surface area contributed by atoms with Gasteiger partial charge in [-0.15, -0.1) is 0 Å². The van der Waals surface area contributed by atoms with Crippen LogP contribution in [-0.2, 0) is 40.6 Å². The number of benzene rings is 6. The second kappa shape index (κ2) is 24.7. The van der Waals surface area contributed by atoms with Crippen molar-refractivity contribution in [1.29, 1.82) is 0 Å². The fraction of sp³-hybridized carbons (Fsp3) is 0.365. The summed E-state index contributed by atoms with van der Waals surface area (Å²) in [6.45, 7) is 13.2. The minimum atomic E-state index is -4.44. The standard InChI is InChI=1S/C63H72N2O5S3/c1-7-11-14-17-20-46-37-52(26-25-49(46)41-61-62(66)64(63(71)72-61)42-73(67,68)69)55-32-27-47(38-50(55)21-18-15-12-8-2)48-28-33-56(51(39-48)22-19-16-13-9-3)53-29-34-57-60(40-53)70-59-36-44(6)43(5)35-58(59)65(57)54-30-23-45(10-4)24-31-54/h23-41H,7-22,42H2,1-6H3,(H,67,68,69)/b61-41-. The van der Waals surface area contributed by atoms with E-state index in [0.717, 1.165) is 132 Å². The highest BCUT2D eigenvalue weighted by molar-refractivity contribution is 8.26. The van der Waals surface area contributed by atoms with Crippen LogP contribution in [0.4, 0.5) is 17.1 Å². The van der Waals surface area contributed by atoms with Crippen molar-refractivity contribution in [1.82, 2.24) is 4.90 Å². The summed E-state index contributed by atoms with van der Waals surface area (Å²) < 4.78 is 39.9. The van der Waals surface area contributed by atoms with Gasteiger partial charge in [-0.25, -0.2) is 0 Å². The topological polar surface area (TPSA) is 87.2 Å².